The Morgan fingerprint density at radius 1 is 0.242 bits per heavy atom. The van der Waals surface area contributed by atoms with Gasteiger partial charge in [-0.15, -0.1) is 0 Å². The summed E-state index contributed by atoms with van der Waals surface area (Å²) in [5.41, 5.74) is 23.7. The topological polar surface area (TPSA) is 12.9 Å². The zero-order valence-electron chi connectivity index (χ0n) is 38.1. The van der Waals surface area contributed by atoms with E-state index in [1.807, 2.05) is 6.20 Å². The van der Waals surface area contributed by atoms with Crippen LogP contribution < -0.4 is 0 Å². The van der Waals surface area contributed by atoms with Crippen molar-refractivity contribution in [1.82, 2.24) is 4.98 Å². The molecule has 0 saturated carbocycles. The Labute approximate surface area is 390 Å². The van der Waals surface area contributed by atoms with E-state index in [1.54, 1.807) is 0 Å². The summed E-state index contributed by atoms with van der Waals surface area (Å²) in [7, 11) is 0. The Hall–Kier alpha value is -7.87. The van der Waals surface area contributed by atoms with Crippen molar-refractivity contribution in [2.24, 2.45) is 0 Å². The van der Waals surface area contributed by atoms with E-state index in [0.717, 1.165) is 33.5 Å². The maximum absolute atomic E-state index is 5.11. The van der Waals surface area contributed by atoms with Gasteiger partial charge in [0.15, 0.2) is 0 Å². The van der Waals surface area contributed by atoms with Crippen molar-refractivity contribution < 1.29 is 0 Å². The molecule has 318 valence electrons. The molecule has 1 nitrogen and oxygen atoms in total. The van der Waals surface area contributed by atoms with E-state index in [1.165, 1.54) is 77.9 Å². The summed E-state index contributed by atoms with van der Waals surface area (Å²) >= 11 is 0. The molecule has 0 radical (unpaired) electrons. The van der Waals surface area contributed by atoms with Crippen LogP contribution in [0.5, 0.6) is 0 Å². The predicted octanol–water partition coefficient (Wildman–Crippen LogP) is 18.3. The minimum Gasteiger partial charge on any atom is -0.256 e. The fraction of sp³-hybridized carbons (Fsp3) is 0.0923. The van der Waals surface area contributed by atoms with Gasteiger partial charge in [0.2, 0.25) is 0 Å². The van der Waals surface area contributed by atoms with Gasteiger partial charge in [0.05, 0.1) is 5.69 Å². The number of nitrogens with zero attached hydrogens (tertiary/aromatic N) is 1. The third-order valence-electron chi connectivity index (χ3n) is 12.9. The zero-order valence-corrected chi connectivity index (χ0v) is 38.1. The Morgan fingerprint density at radius 3 is 1.03 bits per heavy atom. The second-order valence-electron chi connectivity index (χ2n) is 18.0. The molecule has 66 heavy (non-hydrogen) atoms. The highest BCUT2D eigenvalue weighted by atomic mass is 14.7. The maximum Gasteiger partial charge on any atom is 0.0702 e. The molecule has 0 spiro atoms. The minimum atomic E-state index is 0.437. The van der Waals surface area contributed by atoms with Gasteiger partial charge in [-0.05, 0) is 137 Å². The van der Waals surface area contributed by atoms with E-state index in [9.17, 15) is 0 Å². The van der Waals surface area contributed by atoms with Gasteiger partial charge in [0, 0.05) is 17.3 Å². The third-order valence-corrected chi connectivity index (χ3v) is 12.9. The van der Waals surface area contributed by atoms with Crippen LogP contribution >= 0.6 is 0 Å². The van der Waals surface area contributed by atoms with Crippen LogP contribution in [-0.4, -0.2) is 4.98 Å². The van der Waals surface area contributed by atoms with Gasteiger partial charge in [-0.1, -0.05) is 228 Å². The lowest BCUT2D eigenvalue weighted by Gasteiger charge is -2.18. The summed E-state index contributed by atoms with van der Waals surface area (Å²) in [4.78, 5) is 5.11. The highest BCUT2D eigenvalue weighted by Crippen LogP contribution is 2.43. The van der Waals surface area contributed by atoms with Crippen molar-refractivity contribution >= 4 is 0 Å². The molecular weight excluding hydrogens is 795 g/mol. The largest absolute Gasteiger partial charge is 0.256 e. The van der Waals surface area contributed by atoms with Crippen LogP contribution in [-0.2, 0) is 0 Å². The lowest BCUT2D eigenvalue weighted by atomic mass is 9.85. The van der Waals surface area contributed by atoms with Gasteiger partial charge >= 0.3 is 0 Å². The van der Waals surface area contributed by atoms with E-state index in [4.69, 9.17) is 4.98 Å². The number of hydrogen-bond acceptors (Lipinski definition) is 1. The van der Waals surface area contributed by atoms with Gasteiger partial charge in [0.1, 0.15) is 0 Å². The number of rotatable bonds is 11. The molecule has 10 aromatic rings. The average molecular weight is 848 g/mol. The first-order valence-electron chi connectivity index (χ1n) is 23.2. The first kappa shape index (κ1) is 42.1. The van der Waals surface area contributed by atoms with Crippen LogP contribution in [0.1, 0.15) is 50.7 Å². The minimum absolute atomic E-state index is 0.437. The molecule has 0 aliphatic rings. The van der Waals surface area contributed by atoms with Crippen LogP contribution in [0.2, 0.25) is 0 Å². The standard InChI is InChI=1S/C65H53N/c1-44(2)49-19-14-22-52(37-49)59-25-8-11-28-62(59)56-40-57(63-29-12-9-26-60(63)53-23-15-20-50(38-53)45(3)4)42-58(41-56)64-30-13-10-27-61(64)55-35-36-65(66-43-55)54-24-16-21-51(39-54)48-33-31-47(32-34-48)46-17-6-5-7-18-46/h5-45H,1-4H3. The van der Waals surface area contributed by atoms with E-state index in [-0.39, 0.29) is 0 Å². The second kappa shape index (κ2) is 18.7. The Kier molecular flexibility index (Phi) is 11.9. The fourth-order valence-corrected chi connectivity index (χ4v) is 9.25. The number of aromatic nitrogens is 1. The molecule has 0 saturated heterocycles. The van der Waals surface area contributed by atoms with Crippen molar-refractivity contribution in [3.63, 3.8) is 0 Å². The molecule has 0 amide bonds. The van der Waals surface area contributed by atoms with Crippen molar-refractivity contribution in [2.45, 2.75) is 39.5 Å². The van der Waals surface area contributed by atoms with Crippen LogP contribution in [0.3, 0.4) is 0 Å². The summed E-state index contributed by atoms with van der Waals surface area (Å²) in [5, 5.41) is 0. The van der Waals surface area contributed by atoms with Crippen LogP contribution in [0, 0.1) is 0 Å². The second-order valence-corrected chi connectivity index (χ2v) is 18.0. The highest BCUT2D eigenvalue weighted by molar-refractivity contribution is 5.94. The van der Waals surface area contributed by atoms with E-state index < -0.39 is 0 Å². The summed E-state index contributed by atoms with van der Waals surface area (Å²) in [6.07, 6.45) is 2.04. The monoisotopic (exact) mass is 847 g/mol. The fourth-order valence-electron chi connectivity index (χ4n) is 9.25. The smallest absolute Gasteiger partial charge is 0.0702 e. The third kappa shape index (κ3) is 8.81. The Bertz CT molecular complexity index is 3170. The van der Waals surface area contributed by atoms with Crippen molar-refractivity contribution in [2.75, 3.05) is 0 Å². The SMILES string of the molecule is CC(C)c1cccc(-c2ccccc2-c2cc(-c3ccccc3-c3ccc(-c4cccc(-c5ccc(-c6ccccc6)cc5)c4)nc3)cc(-c3ccccc3-c3cccc(C(C)C)c3)c2)c1. The molecule has 9 aromatic carbocycles. The lowest BCUT2D eigenvalue weighted by Crippen LogP contribution is -1.93. The van der Waals surface area contributed by atoms with Crippen LogP contribution in [0.4, 0.5) is 0 Å². The van der Waals surface area contributed by atoms with Gasteiger partial charge in [-0.25, -0.2) is 0 Å². The summed E-state index contributed by atoms with van der Waals surface area (Å²) in [6, 6.07) is 84.2. The molecule has 1 heterocycles. The summed E-state index contributed by atoms with van der Waals surface area (Å²) in [6.45, 7) is 9.06. The van der Waals surface area contributed by atoms with Gasteiger partial charge < -0.3 is 0 Å². The molecule has 0 aliphatic heterocycles. The summed E-state index contributed by atoms with van der Waals surface area (Å²) < 4.78 is 0. The molecule has 0 bridgehead atoms. The maximum atomic E-state index is 5.11. The lowest BCUT2D eigenvalue weighted by molar-refractivity contribution is 0.867. The molecule has 0 aliphatic carbocycles. The first-order chi connectivity index (χ1) is 32.4. The Balaban J connectivity index is 1.06. The average Bonchev–Trinajstić information content (AvgIpc) is 3.39. The van der Waals surface area contributed by atoms with Gasteiger partial charge in [0.25, 0.3) is 0 Å². The molecule has 10 rings (SSSR count). The Morgan fingerprint density at radius 2 is 0.576 bits per heavy atom. The van der Waals surface area contributed by atoms with E-state index in [0.29, 0.717) is 11.8 Å². The molecule has 1 heteroatoms. The van der Waals surface area contributed by atoms with Gasteiger partial charge in [-0.3, -0.25) is 4.98 Å². The van der Waals surface area contributed by atoms with Crippen molar-refractivity contribution in [3.8, 4) is 100 Å². The zero-order chi connectivity index (χ0) is 45.0. The molecule has 0 N–H and O–H groups in total. The highest BCUT2D eigenvalue weighted by Gasteiger charge is 2.17. The molecule has 0 unspecified atom stereocenters. The van der Waals surface area contributed by atoms with E-state index >= 15 is 0 Å². The van der Waals surface area contributed by atoms with Crippen molar-refractivity contribution in [3.05, 3.63) is 248 Å². The van der Waals surface area contributed by atoms with Crippen LogP contribution in [0.15, 0.2) is 237 Å². The number of benzene rings is 9. The quantitative estimate of drug-likeness (QED) is 0.126. The number of hydrogen-bond donors (Lipinski definition) is 0. The molecule has 0 fully saturated rings. The van der Waals surface area contributed by atoms with Crippen molar-refractivity contribution in [1.29, 1.82) is 0 Å². The molecular formula is C65H53N. The first-order valence-corrected chi connectivity index (χ1v) is 23.2. The molecule has 0 atom stereocenters. The van der Waals surface area contributed by atoms with Crippen LogP contribution in [0.25, 0.3) is 100 Å². The summed E-state index contributed by atoms with van der Waals surface area (Å²) in [5.74, 6) is 0.873. The normalized spacial score (nSPS) is 11.3. The molecule has 1 aromatic heterocycles. The van der Waals surface area contributed by atoms with E-state index in [2.05, 4.69) is 258 Å². The van der Waals surface area contributed by atoms with Gasteiger partial charge in [-0.2, -0.15) is 0 Å². The number of pyridine rings is 1. The predicted molar refractivity (Wildman–Crippen MR) is 281 cm³/mol.